The first-order chi connectivity index (χ1) is 18.7. The molecule has 0 bridgehead atoms. The van der Waals surface area contributed by atoms with E-state index >= 15 is 0 Å². The number of carbonyl (C=O) groups excluding carboxylic acids is 2. The lowest BCUT2D eigenvalue weighted by Crippen LogP contribution is -2.46. The number of aliphatic hydroxyl groups excluding tert-OH is 1. The number of fused-ring (bicyclic) bond motifs is 1. The summed E-state index contributed by atoms with van der Waals surface area (Å²) in [5.74, 6) is 0.342. The third kappa shape index (κ3) is 6.04. The molecule has 0 fully saturated rings. The highest BCUT2D eigenvalue weighted by atomic mass is 16.6. The van der Waals surface area contributed by atoms with E-state index in [-0.39, 0.29) is 24.9 Å². The quantitative estimate of drug-likeness (QED) is 0.412. The van der Waals surface area contributed by atoms with E-state index in [1.807, 2.05) is 13.8 Å². The first-order valence-electron chi connectivity index (χ1n) is 11.9. The van der Waals surface area contributed by atoms with Gasteiger partial charge >= 0.3 is 6.09 Å². The Morgan fingerprint density at radius 1 is 1.13 bits per heavy atom. The Labute approximate surface area is 224 Å². The van der Waals surface area contributed by atoms with E-state index in [1.54, 1.807) is 36.4 Å². The summed E-state index contributed by atoms with van der Waals surface area (Å²) in [5.41, 5.74) is 9.33. The van der Waals surface area contributed by atoms with Crippen LogP contribution in [0.15, 0.2) is 36.4 Å². The Morgan fingerprint density at radius 2 is 1.79 bits per heavy atom. The molecule has 1 aliphatic rings. The number of aliphatic hydroxyl groups is 1. The SMILES string of the molecule is Cc1cc(C#N)cc(C)c1Oc1nc(Nc2ccc(C#N)cc2)nc2c1CN(C(=O)C(CO)OC(N)=O)CC2. The largest absolute Gasteiger partial charge is 0.438 e. The van der Waals surface area contributed by atoms with Gasteiger partial charge in [0.05, 0.1) is 47.7 Å². The van der Waals surface area contributed by atoms with E-state index in [2.05, 4.69) is 27.4 Å². The van der Waals surface area contributed by atoms with Crippen LogP contribution in [0.3, 0.4) is 0 Å². The number of nitrogens with two attached hydrogens (primary N) is 1. The number of anilines is 2. The summed E-state index contributed by atoms with van der Waals surface area (Å²) in [5, 5.41) is 31.0. The van der Waals surface area contributed by atoms with Crippen LogP contribution < -0.4 is 15.8 Å². The number of hydrogen-bond acceptors (Lipinski definition) is 10. The minimum atomic E-state index is -1.44. The number of hydrogen-bond donors (Lipinski definition) is 3. The minimum Gasteiger partial charge on any atom is -0.438 e. The van der Waals surface area contributed by atoms with E-state index in [0.29, 0.717) is 40.2 Å². The van der Waals surface area contributed by atoms with Gasteiger partial charge in [-0.15, -0.1) is 0 Å². The molecule has 2 heterocycles. The second kappa shape index (κ2) is 11.5. The van der Waals surface area contributed by atoms with Crippen molar-refractivity contribution in [3.63, 3.8) is 0 Å². The third-order valence-electron chi connectivity index (χ3n) is 6.09. The van der Waals surface area contributed by atoms with Crippen molar-refractivity contribution >= 4 is 23.6 Å². The molecule has 1 aromatic heterocycles. The molecule has 39 heavy (non-hydrogen) atoms. The standard InChI is InChI=1S/C27H25N7O5/c1-15-9-18(12-29)10-16(2)23(15)39-24-20-13-34(25(36)22(14-35)38-26(30)37)8-7-21(20)32-27(33-24)31-19-5-3-17(11-28)4-6-19/h3-6,9-10,22,35H,7-8,13-14H2,1-2H3,(H2,30,37)(H,31,32,33). The molecule has 1 unspecified atom stereocenters. The molecule has 3 aromatic rings. The zero-order valence-corrected chi connectivity index (χ0v) is 21.3. The highest BCUT2D eigenvalue weighted by Crippen LogP contribution is 2.35. The zero-order chi connectivity index (χ0) is 28.1. The molecular formula is C27H25N7O5. The fourth-order valence-electron chi connectivity index (χ4n) is 4.25. The Morgan fingerprint density at radius 3 is 2.38 bits per heavy atom. The molecule has 2 amide bonds. The number of primary amides is 1. The van der Waals surface area contributed by atoms with E-state index in [4.69, 9.17) is 20.5 Å². The summed E-state index contributed by atoms with van der Waals surface area (Å²) >= 11 is 0. The van der Waals surface area contributed by atoms with E-state index in [9.17, 15) is 20.0 Å². The number of amides is 2. The number of benzene rings is 2. The van der Waals surface area contributed by atoms with Crippen LogP contribution in [-0.2, 0) is 22.5 Å². The van der Waals surface area contributed by atoms with Crippen LogP contribution in [0.4, 0.5) is 16.4 Å². The molecule has 0 aliphatic carbocycles. The van der Waals surface area contributed by atoms with Gasteiger partial charge in [0.25, 0.3) is 5.91 Å². The van der Waals surface area contributed by atoms with Crippen LogP contribution in [0.1, 0.15) is 33.5 Å². The smallest absolute Gasteiger partial charge is 0.405 e. The van der Waals surface area contributed by atoms with Crippen molar-refractivity contribution in [3.05, 3.63) is 69.9 Å². The Balaban J connectivity index is 1.72. The molecule has 4 rings (SSSR count). The Kier molecular flexibility index (Phi) is 7.89. The summed E-state index contributed by atoms with van der Waals surface area (Å²) in [4.78, 5) is 34.8. The topological polar surface area (TPSA) is 187 Å². The molecule has 0 spiro atoms. The summed E-state index contributed by atoms with van der Waals surface area (Å²) in [6.07, 6.45) is -2.27. The van der Waals surface area contributed by atoms with Crippen LogP contribution in [0.5, 0.6) is 11.6 Å². The average molecular weight is 528 g/mol. The highest BCUT2D eigenvalue weighted by Gasteiger charge is 2.32. The van der Waals surface area contributed by atoms with Gasteiger partial charge in [-0.2, -0.15) is 15.5 Å². The zero-order valence-electron chi connectivity index (χ0n) is 21.3. The second-order valence-corrected chi connectivity index (χ2v) is 8.86. The first kappa shape index (κ1) is 26.9. The summed E-state index contributed by atoms with van der Waals surface area (Å²) < 4.78 is 11.1. The van der Waals surface area contributed by atoms with Crippen molar-refractivity contribution < 1.29 is 24.2 Å². The summed E-state index contributed by atoms with van der Waals surface area (Å²) in [6.45, 7) is 3.19. The van der Waals surface area contributed by atoms with Crippen LogP contribution >= 0.6 is 0 Å². The van der Waals surface area contributed by atoms with Crippen LogP contribution in [-0.4, -0.2) is 51.2 Å². The van der Waals surface area contributed by atoms with Crippen molar-refractivity contribution in [1.29, 1.82) is 10.5 Å². The van der Waals surface area contributed by atoms with Crippen LogP contribution in [0, 0.1) is 36.5 Å². The fourth-order valence-corrected chi connectivity index (χ4v) is 4.25. The van der Waals surface area contributed by atoms with E-state index in [0.717, 1.165) is 11.1 Å². The predicted molar refractivity (Wildman–Crippen MR) is 138 cm³/mol. The van der Waals surface area contributed by atoms with Gasteiger partial charge in [-0.05, 0) is 61.4 Å². The van der Waals surface area contributed by atoms with Crippen molar-refractivity contribution in [2.45, 2.75) is 32.9 Å². The molecule has 198 valence electrons. The van der Waals surface area contributed by atoms with Gasteiger partial charge in [0.2, 0.25) is 17.9 Å². The van der Waals surface area contributed by atoms with Gasteiger partial charge in [-0.3, -0.25) is 4.79 Å². The number of rotatable bonds is 7. The molecule has 0 saturated carbocycles. The predicted octanol–water partition coefficient (Wildman–Crippen LogP) is 2.71. The third-order valence-corrected chi connectivity index (χ3v) is 6.09. The number of aryl methyl sites for hydroxylation is 2. The monoisotopic (exact) mass is 527 g/mol. The molecule has 1 atom stereocenters. The number of ether oxygens (including phenoxy) is 2. The maximum absolute atomic E-state index is 13.0. The lowest BCUT2D eigenvalue weighted by atomic mass is 10.0. The van der Waals surface area contributed by atoms with Gasteiger partial charge < -0.3 is 30.5 Å². The lowest BCUT2D eigenvalue weighted by molar-refractivity contribution is -0.143. The van der Waals surface area contributed by atoms with Crippen molar-refractivity contribution in [1.82, 2.24) is 14.9 Å². The normalized spacial score (nSPS) is 12.9. The van der Waals surface area contributed by atoms with Crippen LogP contribution in [0.2, 0.25) is 0 Å². The van der Waals surface area contributed by atoms with Gasteiger partial charge in [-0.25, -0.2) is 9.78 Å². The Hall–Kier alpha value is -5.20. The molecule has 12 nitrogen and oxygen atoms in total. The molecule has 1 aliphatic heterocycles. The molecule has 4 N–H and O–H groups in total. The molecule has 0 radical (unpaired) electrons. The second-order valence-electron chi connectivity index (χ2n) is 8.86. The fraction of sp³-hybridized carbons (Fsp3) is 0.259. The van der Waals surface area contributed by atoms with Crippen molar-refractivity contribution in [3.8, 4) is 23.8 Å². The number of nitrogens with zero attached hydrogens (tertiary/aromatic N) is 5. The van der Waals surface area contributed by atoms with Crippen molar-refractivity contribution in [2.24, 2.45) is 5.73 Å². The average Bonchev–Trinajstić information content (AvgIpc) is 2.93. The van der Waals surface area contributed by atoms with Gasteiger partial charge in [0.15, 0.2) is 0 Å². The number of nitriles is 2. The Bertz CT molecular complexity index is 1490. The highest BCUT2D eigenvalue weighted by molar-refractivity contribution is 5.83. The maximum atomic E-state index is 13.0. The summed E-state index contributed by atoms with van der Waals surface area (Å²) in [7, 11) is 0. The number of carbonyl (C=O) groups is 2. The van der Waals surface area contributed by atoms with Gasteiger partial charge in [-0.1, -0.05) is 0 Å². The van der Waals surface area contributed by atoms with E-state index in [1.165, 1.54) is 4.90 Å². The number of nitrogens with one attached hydrogen (secondary N) is 1. The summed E-state index contributed by atoms with van der Waals surface area (Å²) in [6, 6.07) is 14.4. The lowest BCUT2D eigenvalue weighted by Gasteiger charge is -2.31. The first-order valence-corrected chi connectivity index (χ1v) is 11.9. The maximum Gasteiger partial charge on any atom is 0.405 e. The molecule has 0 saturated heterocycles. The molecule has 12 heteroatoms. The van der Waals surface area contributed by atoms with Crippen LogP contribution in [0.25, 0.3) is 0 Å². The van der Waals surface area contributed by atoms with E-state index < -0.39 is 24.7 Å². The van der Waals surface area contributed by atoms with Crippen molar-refractivity contribution in [2.75, 3.05) is 18.5 Å². The molecule has 2 aromatic carbocycles. The minimum absolute atomic E-state index is 0.0354. The van der Waals surface area contributed by atoms with Gasteiger partial charge in [0, 0.05) is 18.7 Å². The van der Waals surface area contributed by atoms with Gasteiger partial charge in [0.1, 0.15) is 5.75 Å². The number of aromatic nitrogens is 2. The molecular weight excluding hydrogens is 502 g/mol.